The van der Waals surface area contributed by atoms with E-state index in [1.807, 2.05) is 36.4 Å². The summed E-state index contributed by atoms with van der Waals surface area (Å²) in [7, 11) is 0. The number of benzene rings is 3. The molecule has 4 aromatic rings. The molecule has 1 saturated carbocycles. The topological polar surface area (TPSA) is 51.9 Å². The molecule has 0 radical (unpaired) electrons. The fourth-order valence-electron chi connectivity index (χ4n) is 5.98. The molecule has 1 aromatic heterocycles. The average Bonchev–Trinajstić information content (AvgIpc) is 3.49. The molecule has 0 aliphatic heterocycles. The lowest BCUT2D eigenvalue weighted by Gasteiger charge is -2.37. The Morgan fingerprint density at radius 1 is 0.914 bits per heavy atom. The van der Waals surface area contributed by atoms with E-state index in [0.29, 0.717) is 6.04 Å². The van der Waals surface area contributed by atoms with Gasteiger partial charge in [-0.2, -0.15) is 0 Å². The lowest BCUT2D eigenvalue weighted by Crippen LogP contribution is -3.00. The highest BCUT2D eigenvalue weighted by Gasteiger charge is 2.51. The summed E-state index contributed by atoms with van der Waals surface area (Å²) in [5, 5.41) is 0. The van der Waals surface area contributed by atoms with E-state index in [0.717, 1.165) is 36.9 Å². The third-order valence-electron chi connectivity index (χ3n) is 7.65. The van der Waals surface area contributed by atoms with Crippen LogP contribution in [0.1, 0.15) is 47.8 Å². The quantitative estimate of drug-likeness (QED) is 0.365. The summed E-state index contributed by atoms with van der Waals surface area (Å²) in [6, 6.07) is 31.1. The van der Waals surface area contributed by atoms with Crippen molar-refractivity contribution in [1.82, 2.24) is 4.57 Å². The maximum absolute atomic E-state index is 13.3. The fourth-order valence-corrected chi connectivity index (χ4v) is 5.98. The Morgan fingerprint density at radius 2 is 1.46 bits per heavy atom. The SMILES string of the molecule is Cc1n(Cc2ccccc2)cc[n+]1[C@H]1CC[C@@H](C(C(N)=O)(c2ccccc2)c2ccccc2)C1.[Br-]. The summed E-state index contributed by atoms with van der Waals surface area (Å²) < 4.78 is 4.70. The first-order valence-corrected chi connectivity index (χ1v) is 12.1. The van der Waals surface area contributed by atoms with Crippen molar-refractivity contribution in [2.45, 2.75) is 44.2 Å². The van der Waals surface area contributed by atoms with Gasteiger partial charge >= 0.3 is 0 Å². The second kappa shape index (κ2) is 10.6. The van der Waals surface area contributed by atoms with Crippen LogP contribution in [0.2, 0.25) is 0 Å². The van der Waals surface area contributed by atoms with Gasteiger partial charge in [0, 0.05) is 6.92 Å². The van der Waals surface area contributed by atoms with Crippen molar-refractivity contribution >= 4 is 5.91 Å². The van der Waals surface area contributed by atoms with Crippen LogP contribution in [0.5, 0.6) is 0 Å². The Bertz CT molecular complexity index is 1220. The number of nitrogens with two attached hydrogens (primary N) is 1. The predicted octanol–water partition coefficient (Wildman–Crippen LogP) is 1.95. The average molecular weight is 531 g/mol. The molecule has 1 fully saturated rings. The van der Waals surface area contributed by atoms with Gasteiger partial charge in [0.2, 0.25) is 5.91 Å². The molecule has 0 unspecified atom stereocenters. The Hall–Kier alpha value is -3.18. The van der Waals surface area contributed by atoms with Crippen LogP contribution in [0.3, 0.4) is 0 Å². The van der Waals surface area contributed by atoms with Gasteiger partial charge in [-0.15, -0.1) is 0 Å². The summed E-state index contributed by atoms with van der Waals surface area (Å²) in [6.07, 6.45) is 7.26. The van der Waals surface area contributed by atoms with Crippen molar-refractivity contribution in [3.05, 3.63) is 126 Å². The summed E-state index contributed by atoms with van der Waals surface area (Å²) in [5.41, 5.74) is 8.70. The molecular formula is C30H32BrN3O. The third kappa shape index (κ3) is 4.57. The number of hydrogen-bond acceptors (Lipinski definition) is 1. The number of aromatic nitrogens is 2. The minimum atomic E-state index is -0.835. The highest BCUT2D eigenvalue weighted by Crippen LogP contribution is 2.48. The lowest BCUT2D eigenvalue weighted by molar-refractivity contribution is -0.727. The number of rotatable bonds is 7. The number of halogens is 1. The standard InChI is InChI=1S/C30H31N3O.BrH/c1-23-32(22-24-11-5-2-6-12-24)19-20-33(23)28-18-17-27(21-28)30(29(31)34,25-13-7-3-8-14-25)26-15-9-4-10-16-26;/h2-16,19-20,27-28H,17-18,21-22H2,1H3,(H-,31,34);1H/t27-,28+;/m1./s1. The van der Waals surface area contributed by atoms with Crippen molar-refractivity contribution in [2.24, 2.45) is 11.7 Å². The second-order valence-electron chi connectivity index (χ2n) is 9.43. The van der Waals surface area contributed by atoms with E-state index in [2.05, 4.69) is 83.0 Å². The van der Waals surface area contributed by atoms with Crippen molar-refractivity contribution in [1.29, 1.82) is 0 Å². The lowest BCUT2D eigenvalue weighted by atomic mass is 9.64. The van der Waals surface area contributed by atoms with Crippen LogP contribution in [0, 0.1) is 12.8 Å². The predicted molar refractivity (Wildman–Crippen MR) is 134 cm³/mol. The summed E-state index contributed by atoms with van der Waals surface area (Å²) in [6.45, 7) is 3.04. The Kier molecular flexibility index (Phi) is 7.56. The molecule has 4 nitrogen and oxygen atoms in total. The number of primary amides is 1. The van der Waals surface area contributed by atoms with Gasteiger partial charge in [0.1, 0.15) is 30.4 Å². The van der Waals surface area contributed by atoms with Crippen molar-refractivity contribution in [3.8, 4) is 0 Å². The monoisotopic (exact) mass is 529 g/mol. The normalized spacial score (nSPS) is 17.6. The molecule has 0 saturated heterocycles. The van der Waals surface area contributed by atoms with E-state index in [-0.39, 0.29) is 28.8 Å². The Balaban J connectivity index is 0.00000289. The third-order valence-corrected chi connectivity index (χ3v) is 7.65. The molecule has 2 atom stereocenters. The van der Waals surface area contributed by atoms with E-state index < -0.39 is 5.41 Å². The minimum Gasteiger partial charge on any atom is -1.00 e. The molecule has 0 bridgehead atoms. The molecule has 3 aromatic carbocycles. The summed E-state index contributed by atoms with van der Waals surface area (Å²) in [4.78, 5) is 13.3. The zero-order valence-corrected chi connectivity index (χ0v) is 21.6. The van der Waals surface area contributed by atoms with Crippen LogP contribution in [0.25, 0.3) is 0 Å². The molecule has 180 valence electrons. The molecule has 5 rings (SSSR count). The first-order chi connectivity index (χ1) is 16.6. The molecule has 1 aliphatic carbocycles. The number of amides is 1. The van der Waals surface area contributed by atoms with Crippen LogP contribution in [-0.2, 0) is 16.8 Å². The van der Waals surface area contributed by atoms with Crippen LogP contribution >= 0.6 is 0 Å². The second-order valence-corrected chi connectivity index (χ2v) is 9.43. The van der Waals surface area contributed by atoms with Gasteiger partial charge in [-0.05, 0) is 41.9 Å². The molecule has 1 heterocycles. The van der Waals surface area contributed by atoms with E-state index in [1.54, 1.807) is 0 Å². The van der Waals surface area contributed by atoms with Crippen molar-refractivity contribution in [2.75, 3.05) is 0 Å². The molecule has 35 heavy (non-hydrogen) atoms. The number of imidazole rings is 1. The fraction of sp³-hybridized carbons (Fsp3) is 0.267. The van der Waals surface area contributed by atoms with Crippen molar-refractivity contribution in [3.63, 3.8) is 0 Å². The summed E-state index contributed by atoms with van der Waals surface area (Å²) in [5.74, 6) is 1.10. The first kappa shape index (κ1) is 24.9. The Morgan fingerprint density at radius 3 is 2.00 bits per heavy atom. The zero-order chi connectivity index (χ0) is 23.5. The van der Waals surface area contributed by atoms with E-state index in [4.69, 9.17) is 5.73 Å². The molecule has 1 amide bonds. The van der Waals surface area contributed by atoms with Gasteiger partial charge in [0.05, 0.1) is 0 Å². The number of nitrogens with zero attached hydrogens (tertiary/aromatic N) is 2. The van der Waals surface area contributed by atoms with Gasteiger partial charge in [0.15, 0.2) is 0 Å². The zero-order valence-electron chi connectivity index (χ0n) is 20.1. The first-order valence-electron chi connectivity index (χ1n) is 12.1. The number of hydrogen-bond donors (Lipinski definition) is 1. The highest BCUT2D eigenvalue weighted by molar-refractivity contribution is 5.91. The smallest absolute Gasteiger partial charge is 0.253 e. The largest absolute Gasteiger partial charge is 1.00 e. The maximum atomic E-state index is 13.3. The van der Waals surface area contributed by atoms with Crippen LogP contribution in [-0.4, -0.2) is 10.5 Å². The van der Waals surface area contributed by atoms with Crippen LogP contribution in [0.4, 0.5) is 0 Å². The summed E-state index contributed by atoms with van der Waals surface area (Å²) >= 11 is 0. The van der Waals surface area contributed by atoms with Gasteiger partial charge in [0.25, 0.3) is 5.82 Å². The molecule has 1 aliphatic rings. The highest BCUT2D eigenvalue weighted by atomic mass is 79.9. The van der Waals surface area contributed by atoms with Gasteiger partial charge < -0.3 is 22.7 Å². The minimum absolute atomic E-state index is 0. The van der Waals surface area contributed by atoms with E-state index in [1.165, 1.54) is 11.4 Å². The molecule has 5 heteroatoms. The van der Waals surface area contributed by atoms with Gasteiger partial charge in [-0.1, -0.05) is 91.0 Å². The molecular weight excluding hydrogens is 498 g/mol. The molecule has 0 spiro atoms. The van der Waals surface area contributed by atoms with E-state index in [9.17, 15) is 4.79 Å². The van der Waals surface area contributed by atoms with Crippen molar-refractivity contribution < 1.29 is 26.3 Å². The van der Waals surface area contributed by atoms with Crippen LogP contribution in [0.15, 0.2) is 103 Å². The number of carbonyl (C=O) groups excluding carboxylic acids is 1. The van der Waals surface area contributed by atoms with Gasteiger partial charge in [-0.3, -0.25) is 4.79 Å². The maximum Gasteiger partial charge on any atom is 0.253 e. The molecule has 2 N–H and O–H groups in total. The van der Waals surface area contributed by atoms with Crippen LogP contribution < -0.4 is 27.3 Å². The Labute approximate surface area is 218 Å². The number of carbonyl (C=O) groups is 1. The van der Waals surface area contributed by atoms with Gasteiger partial charge in [-0.25, -0.2) is 9.13 Å². The van der Waals surface area contributed by atoms with E-state index >= 15 is 0 Å².